The van der Waals surface area contributed by atoms with Crippen LogP contribution >= 0.6 is 0 Å². The first-order chi connectivity index (χ1) is 9.60. The van der Waals surface area contributed by atoms with E-state index in [0.717, 1.165) is 5.69 Å². The molecule has 1 heterocycles. The van der Waals surface area contributed by atoms with E-state index in [2.05, 4.69) is 4.98 Å². The van der Waals surface area contributed by atoms with Gasteiger partial charge < -0.3 is 15.2 Å². The number of hydrogen-bond acceptors (Lipinski definition) is 5. The van der Waals surface area contributed by atoms with Gasteiger partial charge in [0, 0.05) is 0 Å². The Kier molecular flexibility index (Phi) is 3.93. The molecule has 0 aliphatic carbocycles. The van der Waals surface area contributed by atoms with Gasteiger partial charge in [0.15, 0.2) is 5.69 Å². The zero-order valence-corrected chi connectivity index (χ0v) is 11.7. The third-order valence-corrected chi connectivity index (χ3v) is 2.88. The molecule has 0 unspecified atom stereocenters. The number of ether oxygens (including phenoxy) is 2. The molecule has 0 bridgehead atoms. The fraction of sp³-hybridized carbons (Fsp3) is 0.286. The zero-order chi connectivity index (χ0) is 14.7. The molecular formula is C14H17N3O3. The van der Waals surface area contributed by atoms with E-state index in [9.17, 15) is 4.79 Å². The summed E-state index contributed by atoms with van der Waals surface area (Å²) in [6.07, 6.45) is 0. The highest BCUT2D eigenvalue weighted by molar-refractivity contribution is 5.92. The smallest absolute Gasteiger partial charge is 0.360 e. The van der Waals surface area contributed by atoms with E-state index in [1.165, 1.54) is 0 Å². The van der Waals surface area contributed by atoms with Crippen molar-refractivity contribution < 1.29 is 14.3 Å². The molecule has 0 fully saturated rings. The summed E-state index contributed by atoms with van der Waals surface area (Å²) in [6, 6.07) is 7.38. The number of methoxy groups -OCH3 is 1. The van der Waals surface area contributed by atoms with Crippen molar-refractivity contribution in [2.45, 2.75) is 13.8 Å². The highest BCUT2D eigenvalue weighted by atomic mass is 16.5. The predicted octanol–water partition coefficient (Wildman–Crippen LogP) is 1.95. The molecule has 2 rings (SSSR count). The van der Waals surface area contributed by atoms with Crippen LogP contribution in [0, 0.1) is 6.92 Å². The maximum absolute atomic E-state index is 11.8. The first kappa shape index (κ1) is 13.9. The standard InChI is InChI=1S/C14H17N3O3/c1-4-20-14(18)12-13(15)17(9(2)16-12)10-7-5-6-8-11(10)19-3/h5-8H,4,15H2,1-3H3. The monoisotopic (exact) mass is 275 g/mol. The van der Waals surface area contributed by atoms with Crippen molar-refractivity contribution in [2.24, 2.45) is 0 Å². The highest BCUT2D eigenvalue weighted by Crippen LogP contribution is 2.28. The second-order valence-corrected chi connectivity index (χ2v) is 4.12. The van der Waals surface area contributed by atoms with Crippen molar-refractivity contribution in [1.29, 1.82) is 0 Å². The van der Waals surface area contributed by atoms with Crippen molar-refractivity contribution in [3.8, 4) is 11.4 Å². The van der Waals surface area contributed by atoms with Crippen LogP contribution in [-0.2, 0) is 4.74 Å². The molecule has 2 N–H and O–H groups in total. The molecule has 0 aliphatic heterocycles. The van der Waals surface area contributed by atoms with Crippen LogP contribution < -0.4 is 10.5 Å². The lowest BCUT2D eigenvalue weighted by Gasteiger charge is -2.12. The van der Waals surface area contributed by atoms with Crippen LogP contribution in [0.25, 0.3) is 5.69 Å². The van der Waals surface area contributed by atoms with Gasteiger partial charge in [0.25, 0.3) is 0 Å². The van der Waals surface area contributed by atoms with Gasteiger partial charge in [-0.3, -0.25) is 4.57 Å². The van der Waals surface area contributed by atoms with Crippen LogP contribution in [0.4, 0.5) is 5.82 Å². The number of rotatable bonds is 4. The molecule has 2 aromatic rings. The normalized spacial score (nSPS) is 10.3. The molecule has 0 atom stereocenters. The molecule has 6 heteroatoms. The van der Waals surface area contributed by atoms with Crippen molar-refractivity contribution in [3.63, 3.8) is 0 Å². The summed E-state index contributed by atoms with van der Waals surface area (Å²) in [6.45, 7) is 3.78. The highest BCUT2D eigenvalue weighted by Gasteiger charge is 2.21. The third-order valence-electron chi connectivity index (χ3n) is 2.88. The van der Waals surface area contributed by atoms with E-state index in [-0.39, 0.29) is 18.1 Å². The Balaban J connectivity index is 2.56. The van der Waals surface area contributed by atoms with E-state index in [1.807, 2.05) is 24.3 Å². The molecule has 20 heavy (non-hydrogen) atoms. The number of benzene rings is 1. The molecule has 0 saturated carbocycles. The zero-order valence-electron chi connectivity index (χ0n) is 11.7. The van der Waals surface area contributed by atoms with E-state index in [1.54, 1.807) is 25.5 Å². The maximum atomic E-state index is 11.8. The minimum absolute atomic E-state index is 0.121. The average Bonchev–Trinajstić information content (AvgIpc) is 2.74. The van der Waals surface area contributed by atoms with Crippen LogP contribution in [0.3, 0.4) is 0 Å². The number of nitrogen functional groups attached to an aromatic ring is 1. The number of hydrogen-bond donors (Lipinski definition) is 1. The molecule has 0 aliphatic rings. The number of aryl methyl sites for hydroxylation is 1. The molecule has 1 aromatic heterocycles. The summed E-state index contributed by atoms with van der Waals surface area (Å²) >= 11 is 0. The minimum Gasteiger partial charge on any atom is -0.495 e. The molecule has 1 aromatic carbocycles. The van der Waals surface area contributed by atoms with Crippen molar-refractivity contribution in [3.05, 3.63) is 35.8 Å². The van der Waals surface area contributed by atoms with Gasteiger partial charge in [-0.2, -0.15) is 0 Å². The fourth-order valence-electron chi connectivity index (χ4n) is 2.02. The van der Waals surface area contributed by atoms with Gasteiger partial charge in [-0.1, -0.05) is 12.1 Å². The Hall–Kier alpha value is -2.50. The number of nitrogens with zero attached hydrogens (tertiary/aromatic N) is 2. The van der Waals surface area contributed by atoms with Gasteiger partial charge in [0.05, 0.1) is 19.4 Å². The van der Waals surface area contributed by atoms with Crippen molar-refractivity contribution in [1.82, 2.24) is 9.55 Å². The van der Waals surface area contributed by atoms with Crippen LogP contribution in [0.15, 0.2) is 24.3 Å². The van der Waals surface area contributed by atoms with Crippen LogP contribution in [0.5, 0.6) is 5.75 Å². The quantitative estimate of drug-likeness (QED) is 0.863. The summed E-state index contributed by atoms with van der Waals surface area (Å²) < 4.78 is 11.9. The Morgan fingerprint density at radius 1 is 1.40 bits per heavy atom. The van der Waals surface area contributed by atoms with Gasteiger partial charge in [0.2, 0.25) is 0 Å². The Bertz CT molecular complexity index is 635. The number of aromatic nitrogens is 2. The SMILES string of the molecule is CCOC(=O)c1nc(C)n(-c2ccccc2OC)c1N. The predicted molar refractivity (Wildman–Crippen MR) is 75.2 cm³/mol. The lowest BCUT2D eigenvalue weighted by molar-refractivity contribution is 0.0521. The van der Waals surface area contributed by atoms with Gasteiger partial charge in [-0.05, 0) is 26.0 Å². The number of esters is 1. The summed E-state index contributed by atoms with van der Waals surface area (Å²) in [4.78, 5) is 16.0. The number of imidazole rings is 1. The number of carbonyl (C=O) groups excluding carboxylic acids is 1. The topological polar surface area (TPSA) is 79.4 Å². The molecule has 0 saturated heterocycles. The van der Waals surface area contributed by atoms with E-state index >= 15 is 0 Å². The summed E-state index contributed by atoms with van der Waals surface area (Å²) in [5, 5.41) is 0. The van der Waals surface area contributed by atoms with Crippen LogP contribution in [0.2, 0.25) is 0 Å². The average molecular weight is 275 g/mol. The van der Waals surface area contributed by atoms with Crippen LogP contribution in [0.1, 0.15) is 23.2 Å². The lowest BCUT2D eigenvalue weighted by Crippen LogP contribution is -2.10. The van der Waals surface area contributed by atoms with Gasteiger partial charge in [0.1, 0.15) is 17.4 Å². The van der Waals surface area contributed by atoms with E-state index < -0.39 is 5.97 Å². The molecule has 0 amide bonds. The first-order valence-corrected chi connectivity index (χ1v) is 6.25. The fourth-order valence-corrected chi connectivity index (χ4v) is 2.02. The second-order valence-electron chi connectivity index (χ2n) is 4.12. The largest absolute Gasteiger partial charge is 0.495 e. The molecular weight excluding hydrogens is 258 g/mol. The maximum Gasteiger partial charge on any atom is 0.360 e. The van der Waals surface area contributed by atoms with Crippen molar-refractivity contribution in [2.75, 3.05) is 19.5 Å². The molecule has 0 radical (unpaired) electrons. The summed E-state index contributed by atoms with van der Waals surface area (Å²) in [7, 11) is 1.58. The molecule has 0 spiro atoms. The number of anilines is 1. The molecule has 6 nitrogen and oxygen atoms in total. The summed E-state index contributed by atoms with van der Waals surface area (Å²) in [5.41, 5.74) is 6.89. The number of carbonyl (C=O) groups is 1. The lowest BCUT2D eigenvalue weighted by atomic mass is 10.3. The summed E-state index contributed by atoms with van der Waals surface area (Å²) in [5.74, 6) is 0.956. The van der Waals surface area contributed by atoms with E-state index in [0.29, 0.717) is 11.6 Å². The Morgan fingerprint density at radius 2 is 2.10 bits per heavy atom. The third kappa shape index (κ3) is 2.32. The van der Waals surface area contributed by atoms with Gasteiger partial charge >= 0.3 is 5.97 Å². The second kappa shape index (κ2) is 5.64. The minimum atomic E-state index is -0.526. The van der Waals surface area contributed by atoms with Gasteiger partial charge in [-0.15, -0.1) is 0 Å². The number of para-hydroxylation sites is 2. The first-order valence-electron chi connectivity index (χ1n) is 6.25. The molecule has 106 valence electrons. The van der Waals surface area contributed by atoms with E-state index in [4.69, 9.17) is 15.2 Å². The Morgan fingerprint density at radius 3 is 2.75 bits per heavy atom. The van der Waals surface area contributed by atoms with Crippen molar-refractivity contribution >= 4 is 11.8 Å². The number of nitrogens with two attached hydrogens (primary N) is 1. The van der Waals surface area contributed by atoms with Crippen LogP contribution in [-0.4, -0.2) is 29.2 Å². The Labute approximate surface area is 117 Å². The van der Waals surface area contributed by atoms with Gasteiger partial charge in [-0.25, -0.2) is 9.78 Å².